The zero-order valence-corrected chi connectivity index (χ0v) is 19.9. The van der Waals surface area contributed by atoms with Gasteiger partial charge >= 0.3 is 6.18 Å². The van der Waals surface area contributed by atoms with Crippen molar-refractivity contribution in [2.75, 3.05) is 31.5 Å². The van der Waals surface area contributed by atoms with Gasteiger partial charge in [-0.25, -0.2) is 9.37 Å². The molecule has 3 atom stereocenters. The molecule has 194 valence electrons. The normalized spacial score (nSPS) is 23.6. The van der Waals surface area contributed by atoms with Crippen LogP contribution in [-0.2, 0) is 6.54 Å². The molecule has 1 saturated heterocycles. The summed E-state index contributed by atoms with van der Waals surface area (Å²) in [7, 11) is 0. The van der Waals surface area contributed by atoms with Gasteiger partial charge in [0.1, 0.15) is 11.9 Å². The van der Waals surface area contributed by atoms with E-state index < -0.39 is 24.0 Å². The Morgan fingerprint density at radius 1 is 1.14 bits per heavy atom. The monoisotopic (exact) mass is 514 g/mol. The molecule has 6 bridgehead atoms. The van der Waals surface area contributed by atoms with Crippen LogP contribution in [0.1, 0.15) is 28.3 Å². The summed E-state index contributed by atoms with van der Waals surface area (Å²) in [6.07, 6.45) is -0.505. The second-order valence-corrected chi connectivity index (χ2v) is 9.21. The molecule has 1 aromatic carbocycles. The number of alkyl halides is 4. The predicted molar refractivity (Wildman–Crippen MR) is 134 cm³/mol. The van der Waals surface area contributed by atoms with Gasteiger partial charge in [0.05, 0.1) is 29.5 Å². The lowest BCUT2D eigenvalue weighted by Gasteiger charge is -2.35. The standard InChI is InChI=1S/C26H26F4N6O/c1-16(26(28,29)30)24-18-5-2-6-21-19(18)14-17(32-24)4-3-9-31-25(37)23-8-11-36(34-23)13-12-35-10-7-22(33-21)20(27)15-35/h2-6,8,11,14,20,22,33H,1,7,9-10,12-13,15H2,(H,31,37)/b4-3+/t20-,22+/m0/s1. The first-order chi connectivity index (χ1) is 17.7. The van der Waals surface area contributed by atoms with Crippen LogP contribution in [0.25, 0.3) is 22.4 Å². The number of anilines is 1. The van der Waals surface area contributed by atoms with E-state index in [2.05, 4.69) is 27.3 Å². The molecule has 2 N–H and O–H groups in total. The van der Waals surface area contributed by atoms with Crippen LogP contribution in [0.4, 0.5) is 23.2 Å². The minimum Gasteiger partial charge on any atom is -0.379 e. The van der Waals surface area contributed by atoms with E-state index in [0.717, 1.165) is 0 Å². The molecule has 1 unspecified atom stereocenters. The van der Waals surface area contributed by atoms with Crippen molar-refractivity contribution in [3.8, 4) is 0 Å². The maximum atomic E-state index is 15.2. The quantitative estimate of drug-likeness (QED) is 0.474. The summed E-state index contributed by atoms with van der Waals surface area (Å²) in [4.78, 5) is 18.7. The number of carbonyl (C=O) groups excluding carboxylic acids is 1. The van der Waals surface area contributed by atoms with Crippen molar-refractivity contribution >= 4 is 34.0 Å². The topological polar surface area (TPSA) is 75.1 Å². The van der Waals surface area contributed by atoms with E-state index in [9.17, 15) is 18.0 Å². The first-order valence-electron chi connectivity index (χ1n) is 12.0. The lowest BCUT2D eigenvalue weighted by atomic mass is 9.99. The Hall–Kier alpha value is -3.73. The second kappa shape index (κ2) is 9.97. The molecule has 0 saturated carbocycles. The molecule has 7 nitrogen and oxygen atoms in total. The third-order valence-electron chi connectivity index (χ3n) is 6.68. The summed E-state index contributed by atoms with van der Waals surface area (Å²) in [5.41, 5.74) is -0.328. The third kappa shape index (κ3) is 5.36. The Bertz CT molecular complexity index is 1360. The maximum Gasteiger partial charge on any atom is 0.417 e. The van der Waals surface area contributed by atoms with Crippen molar-refractivity contribution in [2.45, 2.75) is 31.4 Å². The molecule has 3 aliphatic heterocycles. The lowest BCUT2D eigenvalue weighted by Crippen LogP contribution is -2.48. The predicted octanol–water partition coefficient (Wildman–Crippen LogP) is 4.29. The van der Waals surface area contributed by atoms with Gasteiger partial charge in [-0.2, -0.15) is 18.3 Å². The molecule has 3 aliphatic rings. The third-order valence-corrected chi connectivity index (χ3v) is 6.68. The van der Waals surface area contributed by atoms with Gasteiger partial charge in [0.2, 0.25) is 0 Å². The van der Waals surface area contributed by atoms with Gasteiger partial charge in [0.25, 0.3) is 5.91 Å². The minimum absolute atomic E-state index is 0.125. The Kier molecular flexibility index (Phi) is 6.72. The summed E-state index contributed by atoms with van der Waals surface area (Å²) in [5, 5.41) is 11.0. The summed E-state index contributed by atoms with van der Waals surface area (Å²) < 4.78 is 57.8. The van der Waals surface area contributed by atoms with Crippen molar-refractivity contribution in [1.82, 2.24) is 25.0 Å². The largest absolute Gasteiger partial charge is 0.417 e. The maximum absolute atomic E-state index is 15.2. The van der Waals surface area contributed by atoms with E-state index >= 15 is 4.39 Å². The van der Waals surface area contributed by atoms with Gasteiger partial charge in [0, 0.05) is 48.8 Å². The molecule has 1 fully saturated rings. The van der Waals surface area contributed by atoms with Crippen LogP contribution in [0.15, 0.2) is 49.2 Å². The van der Waals surface area contributed by atoms with Gasteiger partial charge < -0.3 is 10.6 Å². The number of fused-ring (bicyclic) bond motifs is 6. The Morgan fingerprint density at radius 3 is 2.76 bits per heavy atom. The van der Waals surface area contributed by atoms with Crippen molar-refractivity contribution in [3.63, 3.8) is 0 Å². The van der Waals surface area contributed by atoms with E-state index in [0.29, 0.717) is 37.1 Å². The zero-order chi connectivity index (χ0) is 26.2. The number of amides is 1. The van der Waals surface area contributed by atoms with Crippen molar-refractivity contribution < 1.29 is 22.4 Å². The number of piperidine rings is 1. The molecule has 6 rings (SSSR count). The van der Waals surface area contributed by atoms with E-state index in [1.165, 1.54) is 6.08 Å². The second-order valence-electron chi connectivity index (χ2n) is 9.21. The van der Waals surface area contributed by atoms with E-state index in [4.69, 9.17) is 0 Å². The first kappa shape index (κ1) is 24.9. The number of hydrogen-bond acceptors (Lipinski definition) is 5. The minimum atomic E-state index is -4.67. The number of pyridine rings is 1. The summed E-state index contributed by atoms with van der Waals surface area (Å²) >= 11 is 0. The fraction of sp³-hybridized carbons (Fsp3) is 0.346. The van der Waals surface area contributed by atoms with Gasteiger partial charge in [-0.3, -0.25) is 14.4 Å². The van der Waals surface area contributed by atoms with E-state index in [1.807, 2.05) is 4.90 Å². The Labute approximate surface area is 210 Å². The number of aromatic nitrogens is 3. The van der Waals surface area contributed by atoms with E-state index in [1.54, 1.807) is 47.3 Å². The zero-order valence-electron chi connectivity index (χ0n) is 19.9. The fourth-order valence-corrected chi connectivity index (χ4v) is 4.68. The highest BCUT2D eigenvalue weighted by Gasteiger charge is 2.35. The number of halogens is 4. The number of nitrogens with zero attached hydrogens (tertiary/aromatic N) is 4. The molecule has 0 radical (unpaired) electrons. The number of allylic oxidation sites excluding steroid dienone is 1. The molecule has 11 heteroatoms. The molecule has 0 spiro atoms. The lowest BCUT2D eigenvalue weighted by molar-refractivity contribution is -0.0688. The molecule has 5 heterocycles. The Morgan fingerprint density at radius 2 is 1.97 bits per heavy atom. The van der Waals surface area contributed by atoms with Gasteiger partial charge in [-0.05, 0) is 30.7 Å². The molecule has 1 amide bonds. The highest BCUT2D eigenvalue weighted by atomic mass is 19.4. The van der Waals surface area contributed by atoms with Crippen LogP contribution >= 0.6 is 0 Å². The number of hydrogen-bond donors (Lipinski definition) is 2. The average molecular weight is 515 g/mol. The summed E-state index contributed by atoms with van der Waals surface area (Å²) in [5.74, 6) is -0.380. The molecular weight excluding hydrogens is 488 g/mol. The molecule has 3 aromatic rings. The van der Waals surface area contributed by atoms with E-state index in [-0.39, 0.29) is 41.5 Å². The number of benzene rings is 1. The fourth-order valence-electron chi connectivity index (χ4n) is 4.68. The van der Waals surface area contributed by atoms with Crippen LogP contribution in [0.3, 0.4) is 0 Å². The van der Waals surface area contributed by atoms with Crippen molar-refractivity contribution in [1.29, 1.82) is 0 Å². The molecule has 2 aromatic heterocycles. The van der Waals surface area contributed by atoms with Crippen LogP contribution in [-0.4, -0.2) is 70.1 Å². The highest BCUT2D eigenvalue weighted by molar-refractivity contribution is 6.01. The Balaban J connectivity index is 1.56. The number of carbonyl (C=O) groups is 1. The van der Waals surface area contributed by atoms with Crippen LogP contribution < -0.4 is 10.6 Å². The molecule has 37 heavy (non-hydrogen) atoms. The number of nitrogens with one attached hydrogen (secondary N) is 2. The molecular formula is C26H26F4N6O. The number of rotatable bonds is 1. The van der Waals surface area contributed by atoms with Crippen LogP contribution in [0.5, 0.6) is 0 Å². The highest BCUT2D eigenvalue weighted by Crippen LogP contribution is 2.37. The SMILES string of the molecule is C=C(c1nc2cc3c(cccc13)N[C@@H]1CCN(CCn3ccc(n3)C(=O)NC/C=C/2)C[C@@H]1F)C(F)(F)F. The van der Waals surface area contributed by atoms with Gasteiger partial charge in [-0.15, -0.1) is 0 Å². The summed E-state index contributed by atoms with van der Waals surface area (Å²) in [6, 6.07) is 7.67. The van der Waals surface area contributed by atoms with Crippen LogP contribution in [0.2, 0.25) is 0 Å². The average Bonchev–Trinajstić information content (AvgIpc) is 3.34. The van der Waals surface area contributed by atoms with Crippen molar-refractivity contribution in [3.05, 3.63) is 66.3 Å². The first-order valence-corrected chi connectivity index (χ1v) is 12.0. The smallest absolute Gasteiger partial charge is 0.379 e. The van der Waals surface area contributed by atoms with Gasteiger partial charge in [-0.1, -0.05) is 24.8 Å². The van der Waals surface area contributed by atoms with Crippen LogP contribution in [0, 0.1) is 0 Å². The molecule has 0 aliphatic carbocycles. The summed E-state index contributed by atoms with van der Waals surface area (Å²) in [6.45, 7) is 5.32. The van der Waals surface area contributed by atoms with Gasteiger partial charge in [0.15, 0.2) is 0 Å². The van der Waals surface area contributed by atoms with Crippen molar-refractivity contribution in [2.24, 2.45) is 0 Å².